The number of carboxylic acid groups (broad SMARTS) is 1. The molecule has 2 aliphatic rings. The number of nitrogens with zero attached hydrogens (tertiary/aromatic N) is 3. The maximum absolute atomic E-state index is 13.7. The molecule has 1 spiro atoms. The number of hydrogen-bond acceptors (Lipinski definition) is 9. The van der Waals surface area contributed by atoms with Crippen LogP contribution in [-0.4, -0.2) is 104 Å². The van der Waals surface area contributed by atoms with Crippen molar-refractivity contribution in [2.75, 3.05) is 39.1 Å². The van der Waals surface area contributed by atoms with Crippen LogP contribution in [-0.2, 0) is 31.1 Å². The first-order valence-corrected chi connectivity index (χ1v) is 17.9. The lowest BCUT2D eigenvalue weighted by Gasteiger charge is -2.38. The molecule has 0 unspecified atom stereocenters. The van der Waals surface area contributed by atoms with Gasteiger partial charge in [0.25, 0.3) is 0 Å². The largest absolute Gasteiger partial charge is 0.491 e. The van der Waals surface area contributed by atoms with Gasteiger partial charge in [0.1, 0.15) is 23.4 Å². The van der Waals surface area contributed by atoms with Gasteiger partial charge in [-0.05, 0) is 56.5 Å². The summed E-state index contributed by atoms with van der Waals surface area (Å²) in [7, 11) is -7.55. The zero-order valence-corrected chi connectivity index (χ0v) is 26.7. The Labute approximate surface area is 261 Å². The fourth-order valence-corrected chi connectivity index (χ4v) is 8.26. The van der Waals surface area contributed by atoms with Gasteiger partial charge in [0.05, 0.1) is 35.2 Å². The number of piperidine rings is 1. The molecule has 0 bridgehead atoms. The summed E-state index contributed by atoms with van der Waals surface area (Å²) in [6.45, 7) is 2.10. The van der Waals surface area contributed by atoms with E-state index in [1.807, 2.05) is 6.92 Å². The highest BCUT2D eigenvalue weighted by Gasteiger charge is 2.47. The van der Waals surface area contributed by atoms with Crippen molar-refractivity contribution < 1.29 is 41.3 Å². The Bertz CT molecular complexity index is 1850. The second-order valence-electron chi connectivity index (χ2n) is 11.5. The van der Waals surface area contributed by atoms with Gasteiger partial charge in [-0.1, -0.05) is 18.2 Å². The van der Waals surface area contributed by atoms with Crippen LogP contribution in [0.15, 0.2) is 69.3 Å². The van der Waals surface area contributed by atoms with Gasteiger partial charge < -0.3 is 29.2 Å². The minimum absolute atomic E-state index is 0.0595. The molecule has 45 heavy (non-hydrogen) atoms. The Hall–Kier alpha value is -3.50. The van der Waals surface area contributed by atoms with E-state index in [-0.39, 0.29) is 48.4 Å². The Balaban J connectivity index is 1.22. The van der Waals surface area contributed by atoms with Gasteiger partial charge in [0.2, 0.25) is 15.5 Å². The number of rotatable bonds is 10. The minimum Gasteiger partial charge on any atom is -0.491 e. The molecular weight excluding hydrogens is 626 g/mol. The Kier molecular flexibility index (Phi) is 9.29. The molecule has 1 amide bonds. The molecule has 2 saturated heterocycles. The summed E-state index contributed by atoms with van der Waals surface area (Å²) in [5.41, 5.74) is -0.631. The minimum atomic E-state index is -4.10. The van der Waals surface area contributed by atoms with Crippen molar-refractivity contribution in [1.82, 2.24) is 13.8 Å². The number of ether oxygens (including phenoxy) is 2. The molecule has 0 aliphatic carbocycles. The number of hydrogen-bond donors (Lipinski definition) is 2. The van der Waals surface area contributed by atoms with E-state index in [2.05, 4.69) is 0 Å². The van der Waals surface area contributed by atoms with E-state index in [1.165, 1.54) is 34.8 Å². The number of amides is 1. The number of aliphatic hydroxyl groups is 1. The SMILES string of the molecule is CCn1cc(S(=O)(=O)N2CCC3(CC2)C[C@@H](N(C[C@H](O)COc2cccc(S(C)(=O)=O)c2)C(=O)O)CO3)c(=O)c2ccccc21. The average molecular weight is 664 g/mol. The third-order valence-electron chi connectivity index (χ3n) is 8.51. The lowest BCUT2D eigenvalue weighted by atomic mass is 9.88. The third-order valence-corrected chi connectivity index (χ3v) is 11.5. The van der Waals surface area contributed by atoms with Gasteiger partial charge >= 0.3 is 6.09 Å². The van der Waals surface area contributed by atoms with E-state index in [0.29, 0.717) is 36.7 Å². The van der Waals surface area contributed by atoms with Crippen molar-refractivity contribution in [3.8, 4) is 5.75 Å². The van der Waals surface area contributed by atoms with Crippen LogP contribution in [0.4, 0.5) is 4.79 Å². The molecule has 244 valence electrons. The van der Waals surface area contributed by atoms with Crippen molar-refractivity contribution in [3.05, 3.63) is 65.0 Å². The highest BCUT2D eigenvalue weighted by molar-refractivity contribution is 7.90. The number of para-hydroxylation sites is 1. The Morgan fingerprint density at radius 2 is 1.84 bits per heavy atom. The van der Waals surface area contributed by atoms with Gasteiger partial charge in [-0.3, -0.25) is 4.79 Å². The number of aryl methyl sites for hydroxylation is 1. The molecule has 3 heterocycles. The number of fused-ring (bicyclic) bond motifs is 1. The molecule has 2 aliphatic heterocycles. The van der Waals surface area contributed by atoms with Crippen LogP contribution in [0, 0.1) is 0 Å². The summed E-state index contributed by atoms with van der Waals surface area (Å²) in [5, 5.41) is 20.9. The third kappa shape index (κ3) is 6.87. The van der Waals surface area contributed by atoms with Crippen molar-refractivity contribution in [2.24, 2.45) is 0 Å². The predicted molar refractivity (Wildman–Crippen MR) is 165 cm³/mol. The zero-order chi connectivity index (χ0) is 32.6. The normalized spacial score (nSPS) is 19.5. The number of carbonyl (C=O) groups is 1. The number of benzene rings is 2. The van der Waals surface area contributed by atoms with Crippen molar-refractivity contribution in [3.63, 3.8) is 0 Å². The van der Waals surface area contributed by atoms with Crippen LogP contribution in [0.25, 0.3) is 10.9 Å². The second-order valence-corrected chi connectivity index (χ2v) is 15.5. The van der Waals surface area contributed by atoms with E-state index in [9.17, 15) is 36.6 Å². The Morgan fingerprint density at radius 1 is 1.13 bits per heavy atom. The summed E-state index contributed by atoms with van der Waals surface area (Å²) < 4.78 is 65.6. The zero-order valence-electron chi connectivity index (χ0n) is 25.0. The summed E-state index contributed by atoms with van der Waals surface area (Å²) in [5.74, 6) is 0.223. The Morgan fingerprint density at radius 3 is 2.51 bits per heavy atom. The number of pyridine rings is 1. The van der Waals surface area contributed by atoms with Gasteiger partial charge in [0, 0.05) is 37.5 Å². The van der Waals surface area contributed by atoms with Crippen molar-refractivity contribution in [1.29, 1.82) is 0 Å². The van der Waals surface area contributed by atoms with Crippen molar-refractivity contribution >= 4 is 36.9 Å². The van der Waals surface area contributed by atoms with Crippen LogP contribution in [0.3, 0.4) is 0 Å². The number of sulfonamides is 1. The maximum atomic E-state index is 13.7. The lowest BCUT2D eigenvalue weighted by molar-refractivity contribution is -0.0319. The first-order chi connectivity index (χ1) is 21.2. The van der Waals surface area contributed by atoms with Crippen LogP contribution < -0.4 is 10.2 Å². The second kappa shape index (κ2) is 12.7. The van der Waals surface area contributed by atoms with Crippen LogP contribution in [0.1, 0.15) is 26.2 Å². The summed E-state index contributed by atoms with van der Waals surface area (Å²) in [6, 6.07) is 12.1. The van der Waals surface area contributed by atoms with E-state index < -0.39 is 49.1 Å². The first kappa shape index (κ1) is 32.9. The summed E-state index contributed by atoms with van der Waals surface area (Å²) >= 11 is 0. The standard InChI is InChI=1S/C30H37N3O10S2/c1-3-31-18-27(28(35)25-9-4-5-10-26(25)31)45(40,41)32-13-11-30(12-14-32)16-21(19-43-30)33(29(36)37)17-22(34)20-42-23-7-6-8-24(15-23)44(2,38)39/h4-10,15,18,21-22,34H,3,11-14,16-17,19-20H2,1-2H3,(H,36,37)/t21-,22+/m1/s1. The molecule has 0 radical (unpaired) electrons. The molecule has 3 aromatic rings. The molecular formula is C30H37N3O10S2. The highest BCUT2D eigenvalue weighted by Crippen LogP contribution is 2.39. The molecule has 1 aromatic heterocycles. The molecule has 2 aromatic carbocycles. The lowest BCUT2D eigenvalue weighted by Crippen LogP contribution is -2.49. The van der Waals surface area contributed by atoms with Gasteiger partial charge in [-0.2, -0.15) is 4.31 Å². The fraction of sp³-hybridized carbons (Fsp3) is 0.467. The smallest absolute Gasteiger partial charge is 0.407 e. The maximum Gasteiger partial charge on any atom is 0.407 e. The molecule has 15 heteroatoms. The van der Waals surface area contributed by atoms with Gasteiger partial charge in [-0.15, -0.1) is 0 Å². The van der Waals surface area contributed by atoms with E-state index in [1.54, 1.807) is 28.8 Å². The topological polar surface area (TPSA) is 173 Å². The monoisotopic (exact) mass is 663 g/mol. The van der Waals surface area contributed by atoms with Crippen LogP contribution in [0.5, 0.6) is 5.75 Å². The van der Waals surface area contributed by atoms with Gasteiger partial charge in [-0.25, -0.2) is 21.6 Å². The van der Waals surface area contributed by atoms with Crippen LogP contribution >= 0.6 is 0 Å². The van der Waals surface area contributed by atoms with Gasteiger partial charge in [0.15, 0.2) is 9.84 Å². The predicted octanol–water partition coefficient (Wildman–Crippen LogP) is 2.16. The molecule has 2 atom stereocenters. The van der Waals surface area contributed by atoms with E-state index in [4.69, 9.17) is 9.47 Å². The summed E-state index contributed by atoms with van der Waals surface area (Å²) in [4.78, 5) is 26.3. The fourth-order valence-electron chi connectivity index (χ4n) is 6.06. The quantitative estimate of drug-likeness (QED) is 0.327. The first-order valence-electron chi connectivity index (χ1n) is 14.6. The number of sulfone groups is 1. The molecule has 2 N–H and O–H groups in total. The van der Waals surface area contributed by atoms with Crippen LogP contribution in [0.2, 0.25) is 0 Å². The average Bonchev–Trinajstić information content (AvgIpc) is 3.41. The highest BCUT2D eigenvalue weighted by atomic mass is 32.2. The molecule has 13 nitrogen and oxygen atoms in total. The van der Waals surface area contributed by atoms with Crippen molar-refractivity contribution in [2.45, 2.75) is 60.3 Å². The molecule has 5 rings (SSSR count). The van der Waals surface area contributed by atoms with E-state index in [0.717, 1.165) is 11.2 Å². The van der Waals surface area contributed by atoms with E-state index >= 15 is 0 Å². The molecule has 2 fully saturated rings. The number of aromatic nitrogens is 1. The molecule has 0 saturated carbocycles. The summed E-state index contributed by atoms with van der Waals surface area (Å²) in [6.07, 6.45) is 0.953. The number of aliphatic hydroxyl groups excluding tert-OH is 1.